The highest BCUT2D eigenvalue weighted by Crippen LogP contribution is 2.23. The molecule has 1 aromatic rings. The highest BCUT2D eigenvalue weighted by molar-refractivity contribution is 5.92. The summed E-state index contributed by atoms with van der Waals surface area (Å²) >= 11 is 0. The van der Waals surface area contributed by atoms with Crippen molar-refractivity contribution >= 4 is 17.3 Å². The minimum absolute atomic E-state index is 0.0984. The van der Waals surface area contributed by atoms with E-state index in [9.17, 15) is 4.79 Å². The number of rotatable bonds is 5. The predicted molar refractivity (Wildman–Crippen MR) is 79.3 cm³/mol. The van der Waals surface area contributed by atoms with Crippen LogP contribution in [0.15, 0.2) is 18.2 Å². The number of hydrogen-bond donors (Lipinski definition) is 1. The van der Waals surface area contributed by atoms with Crippen LogP contribution in [0.25, 0.3) is 0 Å². The monoisotopic (exact) mass is 278 g/mol. The van der Waals surface area contributed by atoms with Gasteiger partial charge in [0.25, 0.3) is 0 Å². The van der Waals surface area contributed by atoms with Crippen molar-refractivity contribution in [2.24, 2.45) is 0 Å². The molecular formula is C15H22N2O3. The summed E-state index contributed by atoms with van der Waals surface area (Å²) < 4.78 is 10.4. The van der Waals surface area contributed by atoms with Crippen LogP contribution in [-0.2, 0) is 14.3 Å². The van der Waals surface area contributed by atoms with Gasteiger partial charge in [0, 0.05) is 31.1 Å². The van der Waals surface area contributed by atoms with Gasteiger partial charge in [-0.05, 0) is 37.6 Å². The SMILES string of the molecule is CCOCC(=O)Nc1ccc(N2CCOCC2)cc1C. The van der Waals surface area contributed by atoms with Crippen LogP contribution in [0.3, 0.4) is 0 Å². The third-order valence-corrected chi connectivity index (χ3v) is 3.30. The molecule has 0 aromatic heterocycles. The standard InChI is InChI=1S/C15H22N2O3/c1-3-19-11-15(18)16-14-5-4-13(10-12(14)2)17-6-8-20-9-7-17/h4-5,10H,3,6-9,11H2,1-2H3,(H,16,18). The quantitative estimate of drug-likeness (QED) is 0.892. The molecule has 110 valence electrons. The van der Waals surface area contributed by atoms with E-state index in [4.69, 9.17) is 9.47 Å². The van der Waals surface area contributed by atoms with Gasteiger partial charge in [0.15, 0.2) is 0 Å². The van der Waals surface area contributed by atoms with E-state index in [0.717, 1.165) is 37.6 Å². The van der Waals surface area contributed by atoms with Gasteiger partial charge in [0.1, 0.15) is 6.61 Å². The minimum Gasteiger partial charge on any atom is -0.378 e. The Bertz CT molecular complexity index is 456. The first-order valence-corrected chi connectivity index (χ1v) is 7.01. The Hall–Kier alpha value is -1.59. The maximum atomic E-state index is 11.6. The maximum absolute atomic E-state index is 11.6. The summed E-state index contributed by atoms with van der Waals surface area (Å²) in [6.07, 6.45) is 0. The smallest absolute Gasteiger partial charge is 0.250 e. The Balaban J connectivity index is 2.00. The van der Waals surface area contributed by atoms with Gasteiger partial charge in [0.2, 0.25) is 5.91 Å². The first kappa shape index (κ1) is 14.8. The lowest BCUT2D eigenvalue weighted by atomic mass is 10.1. The third-order valence-electron chi connectivity index (χ3n) is 3.30. The second kappa shape index (κ2) is 7.26. The number of ether oxygens (including phenoxy) is 2. The fraction of sp³-hybridized carbons (Fsp3) is 0.533. The van der Waals surface area contributed by atoms with Crippen LogP contribution in [0.2, 0.25) is 0 Å². The van der Waals surface area contributed by atoms with Gasteiger partial charge in [-0.1, -0.05) is 0 Å². The number of nitrogens with one attached hydrogen (secondary N) is 1. The van der Waals surface area contributed by atoms with Gasteiger partial charge in [0.05, 0.1) is 13.2 Å². The Kier molecular flexibility index (Phi) is 5.38. The molecule has 0 atom stereocenters. The van der Waals surface area contributed by atoms with Gasteiger partial charge in [-0.3, -0.25) is 4.79 Å². The van der Waals surface area contributed by atoms with Gasteiger partial charge in [-0.25, -0.2) is 0 Å². The van der Waals surface area contributed by atoms with Crippen molar-refractivity contribution in [3.8, 4) is 0 Å². The molecule has 1 aliphatic heterocycles. The molecule has 20 heavy (non-hydrogen) atoms. The van der Waals surface area contributed by atoms with E-state index in [2.05, 4.69) is 16.3 Å². The number of benzene rings is 1. The summed E-state index contributed by atoms with van der Waals surface area (Å²) in [7, 11) is 0. The molecule has 0 bridgehead atoms. The lowest BCUT2D eigenvalue weighted by Crippen LogP contribution is -2.36. The average Bonchev–Trinajstić information content (AvgIpc) is 2.48. The van der Waals surface area contributed by atoms with Crippen LogP contribution in [0.1, 0.15) is 12.5 Å². The predicted octanol–water partition coefficient (Wildman–Crippen LogP) is 1.81. The van der Waals surface area contributed by atoms with Gasteiger partial charge in [-0.15, -0.1) is 0 Å². The molecule has 2 rings (SSSR count). The highest BCUT2D eigenvalue weighted by Gasteiger charge is 2.12. The van der Waals surface area contributed by atoms with E-state index >= 15 is 0 Å². The molecule has 0 radical (unpaired) electrons. The zero-order valence-corrected chi connectivity index (χ0v) is 12.1. The first-order valence-electron chi connectivity index (χ1n) is 7.01. The lowest BCUT2D eigenvalue weighted by Gasteiger charge is -2.29. The zero-order valence-electron chi connectivity index (χ0n) is 12.1. The normalized spacial score (nSPS) is 15.2. The second-order valence-corrected chi connectivity index (χ2v) is 4.78. The van der Waals surface area contributed by atoms with Crippen molar-refractivity contribution in [1.29, 1.82) is 0 Å². The number of anilines is 2. The van der Waals surface area contributed by atoms with Gasteiger partial charge in [-0.2, -0.15) is 0 Å². The number of morpholine rings is 1. The van der Waals surface area contributed by atoms with Gasteiger partial charge < -0.3 is 19.7 Å². The van der Waals surface area contributed by atoms with Crippen LogP contribution >= 0.6 is 0 Å². The summed E-state index contributed by atoms with van der Waals surface area (Å²) in [5, 5.41) is 2.87. The number of hydrogen-bond acceptors (Lipinski definition) is 4. The molecule has 0 saturated carbocycles. The molecule has 1 aliphatic rings. The molecule has 1 fully saturated rings. The number of nitrogens with zero attached hydrogens (tertiary/aromatic N) is 1. The van der Waals surface area contributed by atoms with Crippen LogP contribution in [0, 0.1) is 6.92 Å². The van der Waals surface area contributed by atoms with E-state index in [1.807, 2.05) is 26.0 Å². The van der Waals surface area contributed by atoms with Crippen molar-refractivity contribution in [2.45, 2.75) is 13.8 Å². The molecule has 1 saturated heterocycles. The maximum Gasteiger partial charge on any atom is 0.250 e. The average molecular weight is 278 g/mol. The fourth-order valence-corrected chi connectivity index (χ4v) is 2.19. The molecule has 0 aliphatic carbocycles. The molecule has 0 unspecified atom stereocenters. The van der Waals surface area contributed by atoms with Crippen molar-refractivity contribution in [3.05, 3.63) is 23.8 Å². The van der Waals surface area contributed by atoms with Crippen molar-refractivity contribution < 1.29 is 14.3 Å². The van der Waals surface area contributed by atoms with Gasteiger partial charge >= 0.3 is 0 Å². The van der Waals surface area contributed by atoms with Crippen molar-refractivity contribution in [2.75, 3.05) is 49.7 Å². The number of aryl methyl sites for hydroxylation is 1. The summed E-state index contributed by atoms with van der Waals surface area (Å²) in [5.74, 6) is -0.117. The van der Waals surface area contributed by atoms with E-state index in [0.29, 0.717) is 6.61 Å². The molecule has 5 nitrogen and oxygen atoms in total. The summed E-state index contributed by atoms with van der Waals surface area (Å²) in [6.45, 7) is 7.88. The number of amides is 1. The molecule has 1 amide bonds. The van der Waals surface area contributed by atoms with Crippen LogP contribution in [-0.4, -0.2) is 45.4 Å². The van der Waals surface area contributed by atoms with Crippen LogP contribution in [0.5, 0.6) is 0 Å². The summed E-state index contributed by atoms with van der Waals surface area (Å²) in [5.41, 5.74) is 3.07. The summed E-state index contributed by atoms with van der Waals surface area (Å²) in [4.78, 5) is 13.9. The molecule has 1 aromatic carbocycles. The van der Waals surface area contributed by atoms with Crippen molar-refractivity contribution in [3.63, 3.8) is 0 Å². The Morgan fingerprint density at radius 3 is 2.80 bits per heavy atom. The van der Waals surface area contributed by atoms with E-state index < -0.39 is 0 Å². The Labute approximate surface area is 119 Å². The zero-order chi connectivity index (χ0) is 14.4. The lowest BCUT2D eigenvalue weighted by molar-refractivity contribution is -0.120. The van der Waals surface area contributed by atoms with E-state index in [1.54, 1.807) is 0 Å². The molecule has 1 N–H and O–H groups in total. The van der Waals surface area contributed by atoms with E-state index in [-0.39, 0.29) is 12.5 Å². The highest BCUT2D eigenvalue weighted by atomic mass is 16.5. The first-order chi connectivity index (χ1) is 9.70. The molecular weight excluding hydrogens is 256 g/mol. The van der Waals surface area contributed by atoms with Crippen molar-refractivity contribution in [1.82, 2.24) is 0 Å². The Morgan fingerprint density at radius 2 is 2.15 bits per heavy atom. The van der Waals surface area contributed by atoms with E-state index in [1.165, 1.54) is 5.69 Å². The van der Waals surface area contributed by atoms with Crippen LogP contribution in [0.4, 0.5) is 11.4 Å². The molecule has 0 spiro atoms. The molecule has 1 heterocycles. The summed E-state index contributed by atoms with van der Waals surface area (Å²) in [6, 6.07) is 6.08. The third kappa shape index (κ3) is 3.95. The minimum atomic E-state index is -0.117. The topological polar surface area (TPSA) is 50.8 Å². The fourth-order valence-electron chi connectivity index (χ4n) is 2.19. The molecule has 5 heteroatoms. The Morgan fingerprint density at radius 1 is 1.40 bits per heavy atom. The second-order valence-electron chi connectivity index (χ2n) is 4.78. The largest absolute Gasteiger partial charge is 0.378 e. The number of carbonyl (C=O) groups is 1. The number of carbonyl (C=O) groups excluding carboxylic acids is 1. The van der Waals surface area contributed by atoms with Crippen LogP contribution < -0.4 is 10.2 Å².